The van der Waals surface area contributed by atoms with Gasteiger partial charge in [-0.2, -0.15) is 26.6 Å². The normalized spacial score (nSPS) is 12.6. The largest absolute Gasteiger partial charge is 0.534 e. The van der Waals surface area contributed by atoms with Crippen molar-refractivity contribution in [3.05, 3.63) is 17.3 Å². The van der Waals surface area contributed by atoms with Crippen LogP contribution >= 0.6 is 11.3 Å². The molecule has 2 aromatic rings. The van der Waals surface area contributed by atoms with E-state index >= 15 is 0 Å². The predicted molar refractivity (Wildman–Crippen MR) is 62.6 cm³/mol. The van der Waals surface area contributed by atoms with Gasteiger partial charge in [-0.3, -0.25) is 0 Å². The van der Waals surface area contributed by atoms with Crippen molar-refractivity contribution in [3.8, 4) is 16.8 Å². The maximum Gasteiger partial charge on any atom is 0.534 e. The summed E-state index contributed by atoms with van der Waals surface area (Å²) < 4.78 is 67.7. The Morgan fingerprint density at radius 2 is 2.15 bits per heavy atom. The number of aromatic nitrogens is 2. The van der Waals surface area contributed by atoms with Crippen molar-refractivity contribution < 1.29 is 30.2 Å². The molecule has 110 valence electrons. The molecule has 0 radical (unpaired) electrons. The molecule has 0 N–H and O–H groups in total. The molecular formula is C9H7F3N2O4S2. The zero-order valence-electron chi connectivity index (χ0n) is 9.84. The molecule has 0 aromatic carbocycles. The van der Waals surface area contributed by atoms with Gasteiger partial charge in [0.05, 0.1) is 11.1 Å². The molecule has 0 amide bonds. The highest BCUT2D eigenvalue weighted by Crippen LogP contribution is 2.35. The molecule has 6 nitrogen and oxygen atoms in total. The Balaban J connectivity index is 2.38. The third kappa shape index (κ3) is 2.77. The van der Waals surface area contributed by atoms with Gasteiger partial charge in [0.15, 0.2) is 5.01 Å². The predicted octanol–water partition coefficient (Wildman–Crippen LogP) is 2.59. The maximum absolute atomic E-state index is 12.3. The lowest BCUT2D eigenvalue weighted by molar-refractivity contribution is -0.0501. The van der Waals surface area contributed by atoms with Gasteiger partial charge in [-0.25, -0.2) is 4.98 Å². The van der Waals surface area contributed by atoms with Gasteiger partial charge in [-0.1, -0.05) is 6.92 Å². The number of hydrogen-bond acceptors (Lipinski definition) is 7. The fourth-order valence-corrected chi connectivity index (χ4v) is 2.56. The van der Waals surface area contributed by atoms with Gasteiger partial charge in [0.2, 0.25) is 5.88 Å². The van der Waals surface area contributed by atoms with Crippen molar-refractivity contribution in [1.82, 2.24) is 9.97 Å². The van der Waals surface area contributed by atoms with E-state index in [2.05, 4.69) is 14.2 Å². The van der Waals surface area contributed by atoms with E-state index in [-0.39, 0.29) is 22.2 Å². The van der Waals surface area contributed by atoms with Crippen molar-refractivity contribution >= 4 is 21.5 Å². The number of aryl methyl sites for hydroxylation is 1. The van der Waals surface area contributed by atoms with E-state index < -0.39 is 21.5 Å². The molecule has 0 spiro atoms. The van der Waals surface area contributed by atoms with E-state index in [1.54, 1.807) is 6.92 Å². The summed E-state index contributed by atoms with van der Waals surface area (Å²) in [5.41, 5.74) is -5.51. The lowest BCUT2D eigenvalue weighted by atomic mass is 10.4. The second kappa shape index (κ2) is 5.05. The summed E-state index contributed by atoms with van der Waals surface area (Å²) in [4.78, 5) is 7.70. The molecule has 0 atom stereocenters. The van der Waals surface area contributed by atoms with Crippen LogP contribution in [0.1, 0.15) is 11.8 Å². The van der Waals surface area contributed by atoms with Crippen LogP contribution in [0.3, 0.4) is 0 Å². The molecular weight excluding hydrogens is 321 g/mol. The molecule has 0 fully saturated rings. The SMILES string of the molecule is CCc1sc(-c2ncco2)nc1OS(=O)(=O)C(F)(F)F. The van der Waals surface area contributed by atoms with Crippen LogP contribution in [-0.2, 0) is 16.5 Å². The molecule has 0 aliphatic rings. The van der Waals surface area contributed by atoms with Gasteiger partial charge >= 0.3 is 15.6 Å². The standard InChI is InChI=1S/C9H7F3N2O4S2/c1-2-5-6(18-20(15,16)9(10,11)12)14-8(19-5)7-13-3-4-17-7/h3-4H,2H2,1H3. The van der Waals surface area contributed by atoms with Crippen LogP contribution in [0.4, 0.5) is 13.2 Å². The summed E-state index contributed by atoms with van der Waals surface area (Å²) in [6.07, 6.45) is 2.84. The molecule has 0 aliphatic heterocycles. The summed E-state index contributed by atoms with van der Waals surface area (Å²) in [5, 5.41) is 0.138. The zero-order valence-corrected chi connectivity index (χ0v) is 11.5. The molecule has 0 aliphatic carbocycles. The van der Waals surface area contributed by atoms with E-state index in [0.717, 1.165) is 11.3 Å². The second-order valence-corrected chi connectivity index (χ2v) is 6.04. The third-order valence-corrected chi connectivity index (χ3v) is 4.18. The van der Waals surface area contributed by atoms with E-state index in [0.29, 0.717) is 0 Å². The van der Waals surface area contributed by atoms with Crippen LogP contribution < -0.4 is 4.18 Å². The van der Waals surface area contributed by atoms with E-state index in [1.165, 1.54) is 12.5 Å². The molecule has 20 heavy (non-hydrogen) atoms. The number of thiazole rings is 1. The molecule has 2 heterocycles. The third-order valence-electron chi connectivity index (χ3n) is 2.07. The Kier molecular flexibility index (Phi) is 3.73. The summed E-state index contributed by atoms with van der Waals surface area (Å²) in [5.74, 6) is -0.535. The first-order valence-corrected chi connectivity index (χ1v) is 7.37. The summed E-state index contributed by atoms with van der Waals surface area (Å²) in [6.45, 7) is 1.62. The van der Waals surface area contributed by atoms with Crippen LogP contribution in [0.5, 0.6) is 5.88 Å². The fourth-order valence-electron chi connectivity index (χ4n) is 1.20. The van der Waals surface area contributed by atoms with Gasteiger partial charge in [0.1, 0.15) is 6.26 Å². The van der Waals surface area contributed by atoms with Crippen LogP contribution in [0.2, 0.25) is 0 Å². The van der Waals surface area contributed by atoms with E-state index in [4.69, 9.17) is 4.42 Å². The van der Waals surface area contributed by atoms with Crippen molar-refractivity contribution in [2.24, 2.45) is 0 Å². The molecule has 0 saturated carbocycles. The minimum absolute atomic E-state index is 0.0731. The van der Waals surface area contributed by atoms with Crippen LogP contribution in [0.25, 0.3) is 10.9 Å². The molecule has 11 heteroatoms. The fraction of sp³-hybridized carbons (Fsp3) is 0.333. The Morgan fingerprint density at radius 3 is 2.65 bits per heavy atom. The quantitative estimate of drug-likeness (QED) is 0.634. The smallest absolute Gasteiger partial charge is 0.443 e. The van der Waals surface area contributed by atoms with Gasteiger partial charge in [-0.15, -0.1) is 11.3 Å². The van der Waals surface area contributed by atoms with Gasteiger partial charge in [0, 0.05) is 0 Å². The number of nitrogens with zero attached hydrogens (tertiary/aromatic N) is 2. The number of rotatable bonds is 4. The number of halogens is 3. The Hall–Kier alpha value is -1.62. The Labute approximate surface area is 115 Å². The summed E-state index contributed by atoms with van der Waals surface area (Å²) >= 11 is 0.944. The molecule has 2 aromatic heterocycles. The minimum Gasteiger partial charge on any atom is -0.443 e. The molecule has 0 unspecified atom stereocenters. The average Bonchev–Trinajstić information content (AvgIpc) is 2.94. The van der Waals surface area contributed by atoms with Gasteiger partial charge in [0.25, 0.3) is 5.89 Å². The highest BCUT2D eigenvalue weighted by Gasteiger charge is 2.49. The Bertz CT molecular complexity index is 691. The van der Waals surface area contributed by atoms with Crippen molar-refractivity contribution in [2.75, 3.05) is 0 Å². The number of oxazole rings is 1. The molecule has 2 rings (SSSR count). The maximum atomic E-state index is 12.3. The molecule has 0 bridgehead atoms. The van der Waals surface area contributed by atoms with E-state index in [1.807, 2.05) is 0 Å². The Morgan fingerprint density at radius 1 is 1.45 bits per heavy atom. The van der Waals surface area contributed by atoms with Crippen molar-refractivity contribution in [3.63, 3.8) is 0 Å². The highest BCUT2D eigenvalue weighted by molar-refractivity contribution is 7.88. The van der Waals surface area contributed by atoms with Crippen LogP contribution in [-0.4, -0.2) is 23.9 Å². The van der Waals surface area contributed by atoms with Crippen LogP contribution in [0.15, 0.2) is 16.9 Å². The number of alkyl halides is 3. The summed E-state index contributed by atoms with van der Waals surface area (Å²) in [6, 6.07) is 0. The monoisotopic (exact) mass is 328 g/mol. The highest BCUT2D eigenvalue weighted by atomic mass is 32.2. The van der Waals surface area contributed by atoms with Crippen molar-refractivity contribution in [1.29, 1.82) is 0 Å². The minimum atomic E-state index is -5.75. The van der Waals surface area contributed by atoms with Gasteiger partial charge < -0.3 is 8.60 Å². The molecule has 0 saturated heterocycles. The first-order valence-electron chi connectivity index (χ1n) is 5.15. The lowest BCUT2D eigenvalue weighted by Crippen LogP contribution is -2.28. The first-order chi connectivity index (χ1) is 9.24. The zero-order chi connectivity index (χ0) is 15.0. The summed E-state index contributed by atoms with van der Waals surface area (Å²) in [7, 11) is -5.75. The van der Waals surface area contributed by atoms with Crippen LogP contribution in [0, 0.1) is 0 Å². The first kappa shape index (κ1) is 14.8. The lowest BCUT2D eigenvalue weighted by Gasteiger charge is -2.07. The van der Waals surface area contributed by atoms with Crippen molar-refractivity contribution in [2.45, 2.75) is 18.9 Å². The second-order valence-electron chi connectivity index (χ2n) is 3.42. The number of hydrogen-bond donors (Lipinski definition) is 0. The van der Waals surface area contributed by atoms with E-state index in [9.17, 15) is 21.6 Å². The topological polar surface area (TPSA) is 82.3 Å². The van der Waals surface area contributed by atoms with Gasteiger partial charge in [-0.05, 0) is 6.42 Å². The average molecular weight is 328 g/mol.